The third kappa shape index (κ3) is 3.00. The van der Waals surface area contributed by atoms with Crippen molar-refractivity contribution in [2.75, 3.05) is 24.6 Å². The predicted octanol–water partition coefficient (Wildman–Crippen LogP) is -0.275. The van der Waals surface area contributed by atoms with Gasteiger partial charge < -0.3 is 29.9 Å². The number of aliphatic hydroxyl groups is 3. The van der Waals surface area contributed by atoms with Crippen molar-refractivity contribution >= 4 is 17.1 Å². The fourth-order valence-corrected chi connectivity index (χ4v) is 4.40. The molecule has 0 saturated carbocycles. The van der Waals surface area contributed by atoms with Gasteiger partial charge in [0.15, 0.2) is 17.4 Å². The van der Waals surface area contributed by atoms with Crippen LogP contribution in [0.15, 0.2) is 41.5 Å². The zero-order valence-electron chi connectivity index (χ0n) is 16.1. The molecule has 5 atom stereocenters. The summed E-state index contributed by atoms with van der Waals surface area (Å²) in [5.41, 5.74) is 1.22. The third-order valence-electron chi connectivity index (χ3n) is 5.98. The molecule has 0 amide bonds. The lowest BCUT2D eigenvalue weighted by atomic mass is 9.99. The van der Waals surface area contributed by atoms with Gasteiger partial charge in [0.1, 0.15) is 18.3 Å². The summed E-state index contributed by atoms with van der Waals surface area (Å²) in [4.78, 5) is 25.7. The van der Waals surface area contributed by atoms with E-state index in [4.69, 9.17) is 4.74 Å². The second kappa shape index (κ2) is 7.47. The maximum Gasteiger partial charge on any atom is 0.278 e. The number of nitrogens with zero attached hydrogens (tertiary/aromatic N) is 4. The number of rotatable bonds is 4. The van der Waals surface area contributed by atoms with Gasteiger partial charge >= 0.3 is 0 Å². The molecule has 10 heteroatoms. The molecule has 4 heterocycles. The van der Waals surface area contributed by atoms with E-state index in [0.29, 0.717) is 25.0 Å². The second-order valence-corrected chi connectivity index (χ2v) is 7.76. The molecule has 2 aliphatic rings. The number of aromatic amines is 1. The van der Waals surface area contributed by atoms with Crippen LogP contribution in [0, 0.1) is 0 Å². The average molecular weight is 413 g/mol. The molecule has 3 aromatic rings. The summed E-state index contributed by atoms with van der Waals surface area (Å²) in [5.74, 6) is 0.748. The van der Waals surface area contributed by atoms with Gasteiger partial charge in [-0.25, -0.2) is 9.97 Å². The van der Waals surface area contributed by atoms with Gasteiger partial charge in [0.25, 0.3) is 5.56 Å². The molecule has 4 N–H and O–H groups in total. The summed E-state index contributed by atoms with van der Waals surface area (Å²) in [6.45, 7) is 0.945. The number of fused-ring (bicyclic) bond motifs is 1. The van der Waals surface area contributed by atoms with Crippen molar-refractivity contribution in [1.29, 1.82) is 0 Å². The Hall–Kier alpha value is -2.79. The van der Waals surface area contributed by atoms with Crippen LogP contribution < -0.4 is 10.5 Å². The van der Waals surface area contributed by atoms with Crippen LogP contribution in [-0.2, 0) is 4.74 Å². The molecule has 0 spiro atoms. The van der Waals surface area contributed by atoms with Gasteiger partial charge in [0.05, 0.1) is 12.9 Å². The van der Waals surface area contributed by atoms with E-state index in [1.807, 2.05) is 23.1 Å². The van der Waals surface area contributed by atoms with Gasteiger partial charge in [0.2, 0.25) is 5.95 Å². The lowest BCUT2D eigenvalue weighted by molar-refractivity contribution is -0.0504. The van der Waals surface area contributed by atoms with Crippen molar-refractivity contribution in [2.24, 2.45) is 0 Å². The van der Waals surface area contributed by atoms with Crippen LogP contribution in [0.5, 0.6) is 0 Å². The molecule has 2 saturated heterocycles. The summed E-state index contributed by atoms with van der Waals surface area (Å²) in [7, 11) is 0. The van der Waals surface area contributed by atoms with Gasteiger partial charge in [-0.2, -0.15) is 0 Å². The van der Waals surface area contributed by atoms with Gasteiger partial charge in [-0.15, -0.1) is 0 Å². The number of hydrogen-bond acceptors (Lipinski definition) is 8. The Labute approximate surface area is 171 Å². The van der Waals surface area contributed by atoms with Crippen LogP contribution in [0.2, 0.25) is 0 Å². The molecule has 158 valence electrons. The summed E-state index contributed by atoms with van der Waals surface area (Å²) in [6, 6.07) is 10.2. The van der Waals surface area contributed by atoms with Crippen molar-refractivity contribution in [3.05, 3.63) is 52.6 Å². The van der Waals surface area contributed by atoms with Gasteiger partial charge in [-0.3, -0.25) is 9.36 Å². The Morgan fingerprint density at radius 1 is 1.20 bits per heavy atom. The lowest BCUT2D eigenvalue weighted by Crippen LogP contribution is -2.34. The highest BCUT2D eigenvalue weighted by atomic mass is 16.6. The molecule has 2 aromatic heterocycles. The number of aromatic nitrogens is 4. The number of anilines is 1. The van der Waals surface area contributed by atoms with Crippen molar-refractivity contribution < 1.29 is 20.1 Å². The molecular formula is C20H23N5O5. The Morgan fingerprint density at radius 2 is 2.00 bits per heavy atom. The monoisotopic (exact) mass is 413 g/mol. The fourth-order valence-electron chi connectivity index (χ4n) is 4.40. The van der Waals surface area contributed by atoms with Gasteiger partial charge in [0, 0.05) is 19.0 Å². The number of ether oxygens (including phenoxy) is 1. The Bertz CT molecular complexity index is 1100. The molecule has 0 radical (unpaired) electrons. The minimum Gasteiger partial charge on any atom is -0.394 e. The first-order chi connectivity index (χ1) is 14.6. The van der Waals surface area contributed by atoms with Crippen molar-refractivity contribution in [1.82, 2.24) is 19.5 Å². The number of H-pyrrole nitrogens is 1. The third-order valence-corrected chi connectivity index (χ3v) is 5.98. The minimum atomic E-state index is -1.30. The maximum atomic E-state index is 12.3. The standard InChI is InChI=1S/C20H23N5O5/c26-9-13-15(27)16(28)19(30-13)25-17-14(18(29)22-10-21-17)23-20(25)24-7-6-12(8-24)11-4-2-1-3-5-11/h1-5,10,12-13,15-16,19,26-28H,6-9H2,(H,21,22,29)/t12?,13-,15-,16-,19?/m0/s1. The van der Waals surface area contributed by atoms with Gasteiger partial charge in [-0.05, 0) is 12.0 Å². The van der Waals surface area contributed by atoms with Crippen molar-refractivity contribution in [3.8, 4) is 0 Å². The molecule has 1 aromatic carbocycles. The number of hydrogen-bond donors (Lipinski definition) is 4. The van der Waals surface area contributed by atoms with E-state index in [9.17, 15) is 20.1 Å². The second-order valence-electron chi connectivity index (χ2n) is 7.76. The quantitative estimate of drug-likeness (QED) is 0.459. The van der Waals surface area contributed by atoms with E-state index in [1.54, 1.807) is 4.57 Å². The van der Waals surface area contributed by atoms with Crippen LogP contribution in [0.1, 0.15) is 24.1 Å². The van der Waals surface area contributed by atoms with E-state index in [0.717, 1.165) is 6.42 Å². The predicted molar refractivity (Wildman–Crippen MR) is 107 cm³/mol. The number of benzene rings is 1. The van der Waals surface area contributed by atoms with Crippen molar-refractivity contribution in [3.63, 3.8) is 0 Å². The zero-order valence-corrected chi connectivity index (χ0v) is 16.1. The largest absolute Gasteiger partial charge is 0.394 e. The topological polar surface area (TPSA) is 137 Å². The number of imidazole rings is 1. The molecule has 2 unspecified atom stereocenters. The van der Waals surface area contributed by atoms with E-state index in [2.05, 4.69) is 27.1 Å². The van der Waals surface area contributed by atoms with E-state index >= 15 is 0 Å². The number of nitrogens with one attached hydrogen (secondary N) is 1. The lowest BCUT2D eigenvalue weighted by Gasteiger charge is -2.24. The van der Waals surface area contributed by atoms with Crippen LogP contribution in [-0.4, -0.2) is 72.8 Å². The molecule has 30 heavy (non-hydrogen) atoms. The average Bonchev–Trinajstić information content (AvgIpc) is 3.46. The first kappa shape index (κ1) is 19.2. The molecule has 5 rings (SSSR count). The van der Waals surface area contributed by atoms with Crippen LogP contribution >= 0.6 is 0 Å². The first-order valence-corrected chi connectivity index (χ1v) is 9.96. The first-order valence-electron chi connectivity index (χ1n) is 9.96. The summed E-state index contributed by atoms with van der Waals surface area (Å²) in [6.07, 6.45) is -2.34. The van der Waals surface area contributed by atoms with Crippen LogP contribution in [0.3, 0.4) is 0 Å². The fraction of sp³-hybridized carbons (Fsp3) is 0.450. The highest BCUT2D eigenvalue weighted by Gasteiger charge is 2.45. The smallest absolute Gasteiger partial charge is 0.278 e. The summed E-state index contributed by atoms with van der Waals surface area (Å²) < 4.78 is 7.29. The zero-order chi connectivity index (χ0) is 20.8. The number of aliphatic hydroxyl groups excluding tert-OH is 3. The highest BCUT2D eigenvalue weighted by molar-refractivity contribution is 5.74. The normalized spacial score (nSPS) is 29.2. The molecule has 2 aliphatic heterocycles. The van der Waals surface area contributed by atoms with Crippen LogP contribution in [0.25, 0.3) is 11.2 Å². The van der Waals surface area contributed by atoms with Crippen LogP contribution in [0.4, 0.5) is 5.95 Å². The highest BCUT2D eigenvalue weighted by Crippen LogP contribution is 2.37. The SMILES string of the molecule is O=c1[nH]cnc2c1nc(N1CCC(c3ccccc3)C1)n2C1O[C@@H](CO)[C@H](O)[C@@H]1O. The van der Waals surface area contributed by atoms with E-state index < -0.39 is 36.7 Å². The molecule has 2 fully saturated rings. The minimum absolute atomic E-state index is 0.133. The Kier molecular flexibility index (Phi) is 4.78. The Morgan fingerprint density at radius 3 is 2.73 bits per heavy atom. The Balaban J connectivity index is 1.57. The molecule has 0 aliphatic carbocycles. The molecule has 10 nitrogen and oxygen atoms in total. The molecular weight excluding hydrogens is 390 g/mol. The summed E-state index contributed by atoms with van der Waals surface area (Å²) in [5, 5.41) is 30.3. The van der Waals surface area contributed by atoms with Crippen molar-refractivity contribution in [2.45, 2.75) is 36.9 Å². The van der Waals surface area contributed by atoms with Gasteiger partial charge in [-0.1, -0.05) is 30.3 Å². The van der Waals surface area contributed by atoms with E-state index in [-0.39, 0.29) is 11.2 Å². The summed E-state index contributed by atoms with van der Waals surface area (Å²) >= 11 is 0. The molecule has 0 bridgehead atoms. The van der Waals surface area contributed by atoms with E-state index in [1.165, 1.54) is 11.9 Å². The maximum absolute atomic E-state index is 12.3.